The molecule has 0 saturated heterocycles. The fourth-order valence-corrected chi connectivity index (χ4v) is 1.71. The predicted molar refractivity (Wildman–Crippen MR) is 70.6 cm³/mol. The summed E-state index contributed by atoms with van der Waals surface area (Å²) in [5.41, 5.74) is -1.25. The van der Waals surface area contributed by atoms with Crippen molar-refractivity contribution in [3.05, 3.63) is 35.1 Å². The van der Waals surface area contributed by atoms with Gasteiger partial charge in [0.2, 0.25) is 0 Å². The quantitative estimate of drug-likeness (QED) is 0.903. The number of rotatable bonds is 5. The topological polar surface area (TPSA) is 90.1 Å². The molecule has 0 aliphatic heterocycles. The second kappa shape index (κ2) is 5.46. The number of carbonyl (C=O) groups is 1. The van der Waals surface area contributed by atoms with E-state index in [0.717, 1.165) is 0 Å². The van der Waals surface area contributed by atoms with Crippen LogP contribution in [-0.4, -0.2) is 31.3 Å². The molecule has 1 heterocycles. The van der Waals surface area contributed by atoms with Crippen LogP contribution in [0.2, 0.25) is 5.02 Å². The van der Waals surface area contributed by atoms with Crippen LogP contribution in [-0.2, 0) is 16.9 Å². The molecule has 0 spiro atoms. The molecule has 1 aromatic heterocycles. The van der Waals surface area contributed by atoms with Crippen molar-refractivity contribution in [2.45, 2.75) is 26.0 Å². The third kappa shape index (κ3) is 2.88. The molecule has 0 radical (unpaired) electrons. The molecule has 1 N–H and O–H groups in total. The highest BCUT2D eigenvalue weighted by Crippen LogP contribution is 2.19. The molecule has 0 saturated carbocycles. The number of hydrogen-bond acceptors (Lipinski definition) is 5. The number of carboxylic acids is 1. The van der Waals surface area contributed by atoms with Crippen molar-refractivity contribution in [2.24, 2.45) is 0 Å². The second-order valence-electron chi connectivity index (χ2n) is 4.62. The summed E-state index contributed by atoms with van der Waals surface area (Å²) in [5.74, 6) is -0.161. The summed E-state index contributed by atoms with van der Waals surface area (Å²) in [7, 11) is 0. The Morgan fingerprint density at radius 1 is 1.50 bits per heavy atom. The first-order valence-electron chi connectivity index (χ1n) is 5.81. The average molecular weight is 297 g/mol. The van der Waals surface area contributed by atoms with E-state index < -0.39 is 11.5 Å². The third-order valence-corrected chi connectivity index (χ3v) is 2.99. The highest BCUT2D eigenvalue weighted by Gasteiger charge is 2.33. The molecule has 2 rings (SSSR count). The van der Waals surface area contributed by atoms with E-state index in [2.05, 4.69) is 15.5 Å². The number of carboxylic acid groups (broad SMARTS) is 1. The van der Waals surface area contributed by atoms with Crippen molar-refractivity contribution in [1.29, 1.82) is 0 Å². The molecule has 8 heteroatoms. The number of tetrazole rings is 1. The lowest BCUT2D eigenvalue weighted by atomic mass is 10.1. The number of hydrogen-bond donors (Lipinski definition) is 1. The number of nitrogens with zero attached hydrogens (tertiary/aromatic N) is 4. The van der Waals surface area contributed by atoms with Crippen LogP contribution in [0.1, 0.15) is 19.7 Å². The summed E-state index contributed by atoms with van der Waals surface area (Å²) in [5, 5.41) is 20.7. The van der Waals surface area contributed by atoms with Gasteiger partial charge in [0.1, 0.15) is 12.4 Å². The van der Waals surface area contributed by atoms with E-state index in [1.54, 1.807) is 24.3 Å². The first kappa shape index (κ1) is 14.3. The third-order valence-electron chi connectivity index (χ3n) is 2.75. The molecule has 0 amide bonds. The Labute approximate surface area is 120 Å². The first-order chi connectivity index (χ1) is 9.41. The average Bonchev–Trinajstić information content (AvgIpc) is 2.85. The lowest BCUT2D eigenvalue weighted by Gasteiger charge is -2.20. The smallest absolute Gasteiger partial charge is 0.331 e. The van der Waals surface area contributed by atoms with E-state index in [1.165, 1.54) is 18.5 Å². The van der Waals surface area contributed by atoms with Gasteiger partial charge in [0.05, 0.1) is 0 Å². The standard InChI is InChI=1S/C12H13ClN4O3/c1-12(2,11(18)19)17-10(14-15-16-17)7-20-9-5-3-4-8(13)6-9/h3-6H,7H2,1-2H3,(H,18,19). The maximum atomic E-state index is 11.2. The van der Waals surface area contributed by atoms with E-state index in [0.29, 0.717) is 16.6 Å². The van der Waals surface area contributed by atoms with Crippen LogP contribution >= 0.6 is 11.6 Å². The predicted octanol–water partition coefficient (Wildman–Crippen LogP) is 1.73. The van der Waals surface area contributed by atoms with E-state index in [9.17, 15) is 9.90 Å². The SMILES string of the molecule is CC(C)(C(=O)O)n1nnnc1COc1cccc(Cl)c1. The zero-order chi connectivity index (χ0) is 14.8. The van der Waals surface area contributed by atoms with Crippen molar-refractivity contribution >= 4 is 17.6 Å². The number of aliphatic carboxylic acids is 1. The van der Waals surface area contributed by atoms with Gasteiger partial charge in [-0.15, -0.1) is 5.10 Å². The highest BCUT2D eigenvalue weighted by molar-refractivity contribution is 6.30. The van der Waals surface area contributed by atoms with Crippen molar-refractivity contribution in [1.82, 2.24) is 20.2 Å². The van der Waals surface area contributed by atoms with Gasteiger partial charge in [-0.3, -0.25) is 0 Å². The minimum atomic E-state index is -1.25. The fourth-order valence-electron chi connectivity index (χ4n) is 1.53. The molecule has 0 unspecified atom stereocenters. The van der Waals surface area contributed by atoms with E-state index >= 15 is 0 Å². The molecule has 2 aromatic rings. The summed E-state index contributed by atoms with van der Waals surface area (Å²) in [4.78, 5) is 11.2. The van der Waals surface area contributed by atoms with E-state index in [-0.39, 0.29) is 6.61 Å². The van der Waals surface area contributed by atoms with Gasteiger partial charge >= 0.3 is 5.97 Å². The maximum absolute atomic E-state index is 11.2. The van der Waals surface area contributed by atoms with Crippen LogP contribution in [0.5, 0.6) is 5.75 Å². The molecule has 7 nitrogen and oxygen atoms in total. The van der Waals surface area contributed by atoms with Crippen molar-refractivity contribution in [3.63, 3.8) is 0 Å². The molecular formula is C12H13ClN4O3. The van der Waals surface area contributed by atoms with Crippen LogP contribution in [0.3, 0.4) is 0 Å². The second-order valence-corrected chi connectivity index (χ2v) is 5.05. The zero-order valence-corrected chi connectivity index (χ0v) is 11.7. The molecule has 0 aliphatic rings. The van der Waals surface area contributed by atoms with Gasteiger partial charge in [-0.2, -0.15) is 0 Å². The number of halogens is 1. The van der Waals surface area contributed by atoms with Gasteiger partial charge in [-0.1, -0.05) is 17.7 Å². The summed E-state index contributed by atoms with van der Waals surface area (Å²) in [6.45, 7) is 3.06. The first-order valence-corrected chi connectivity index (χ1v) is 6.18. The molecule has 0 fully saturated rings. The van der Waals surface area contributed by atoms with Crippen molar-refractivity contribution < 1.29 is 14.6 Å². The number of aromatic nitrogens is 4. The van der Waals surface area contributed by atoms with Gasteiger partial charge in [-0.05, 0) is 42.5 Å². The minimum Gasteiger partial charge on any atom is -0.485 e. The minimum absolute atomic E-state index is 0.0457. The Kier molecular flexibility index (Phi) is 3.89. The molecule has 1 aromatic carbocycles. The van der Waals surface area contributed by atoms with Crippen LogP contribution in [0.4, 0.5) is 0 Å². The normalized spacial score (nSPS) is 11.3. The Balaban J connectivity index is 2.16. The molecule has 20 heavy (non-hydrogen) atoms. The molecule has 0 aliphatic carbocycles. The summed E-state index contributed by atoms with van der Waals surface area (Å²) >= 11 is 5.85. The Morgan fingerprint density at radius 2 is 2.25 bits per heavy atom. The van der Waals surface area contributed by atoms with Gasteiger partial charge in [0, 0.05) is 5.02 Å². The molecular weight excluding hydrogens is 284 g/mol. The van der Waals surface area contributed by atoms with Gasteiger partial charge in [0.25, 0.3) is 0 Å². The van der Waals surface area contributed by atoms with E-state index in [4.69, 9.17) is 16.3 Å². The summed E-state index contributed by atoms with van der Waals surface area (Å²) in [6.07, 6.45) is 0. The molecule has 0 bridgehead atoms. The van der Waals surface area contributed by atoms with Gasteiger partial charge in [0.15, 0.2) is 11.4 Å². The lowest BCUT2D eigenvalue weighted by molar-refractivity contribution is -0.146. The Bertz CT molecular complexity index is 627. The maximum Gasteiger partial charge on any atom is 0.331 e. The largest absolute Gasteiger partial charge is 0.485 e. The highest BCUT2D eigenvalue weighted by atomic mass is 35.5. The van der Waals surface area contributed by atoms with Crippen LogP contribution in [0.25, 0.3) is 0 Å². The summed E-state index contributed by atoms with van der Waals surface area (Å²) < 4.78 is 6.73. The molecule has 106 valence electrons. The van der Waals surface area contributed by atoms with Crippen LogP contribution < -0.4 is 4.74 Å². The Hall–Kier alpha value is -2.15. The van der Waals surface area contributed by atoms with Crippen LogP contribution in [0, 0.1) is 0 Å². The fraction of sp³-hybridized carbons (Fsp3) is 0.333. The van der Waals surface area contributed by atoms with Crippen molar-refractivity contribution in [2.75, 3.05) is 0 Å². The van der Waals surface area contributed by atoms with Crippen LogP contribution in [0.15, 0.2) is 24.3 Å². The Morgan fingerprint density at radius 3 is 2.90 bits per heavy atom. The zero-order valence-electron chi connectivity index (χ0n) is 10.9. The van der Waals surface area contributed by atoms with E-state index in [1.807, 2.05) is 0 Å². The van der Waals surface area contributed by atoms with Gasteiger partial charge in [-0.25, -0.2) is 9.48 Å². The molecule has 0 atom stereocenters. The number of ether oxygens (including phenoxy) is 1. The summed E-state index contributed by atoms with van der Waals surface area (Å²) in [6, 6.07) is 6.87. The monoisotopic (exact) mass is 296 g/mol. The lowest BCUT2D eigenvalue weighted by Crippen LogP contribution is -2.38. The van der Waals surface area contributed by atoms with Crippen molar-refractivity contribution in [3.8, 4) is 5.75 Å². The van der Waals surface area contributed by atoms with Gasteiger partial charge < -0.3 is 9.84 Å². The number of benzene rings is 1.